The lowest BCUT2D eigenvalue weighted by molar-refractivity contribution is -0.139. The number of carbonyl (C=O) groups excluding carboxylic acids is 1. The van der Waals surface area contributed by atoms with E-state index in [1.54, 1.807) is 6.20 Å². The van der Waals surface area contributed by atoms with Gasteiger partial charge < -0.3 is 9.64 Å². The molecule has 2 heterocycles. The van der Waals surface area contributed by atoms with E-state index in [2.05, 4.69) is 24.0 Å². The SMILES string of the molecule is Cc1ccccc1C(C(=O)N1CCC(OCc2cccnc2)CC1)N(C)C. The maximum atomic E-state index is 13.2. The molecule has 1 atom stereocenters. The van der Waals surface area contributed by atoms with Crippen LogP contribution < -0.4 is 0 Å². The van der Waals surface area contributed by atoms with Crippen molar-refractivity contribution in [1.82, 2.24) is 14.8 Å². The predicted octanol–water partition coefficient (Wildman–Crippen LogP) is 3.20. The first-order valence-corrected chi connectivity index (χ1v) is 9.57. The van der Waals surface area contributed by atoms with Crippen molar-refractivity contribution in [2.75, 3.05) is 27.2 Å². The standard InChI is InChI=1S/C22H29N3O2/c1-17-7-4-5-9-20(17)21(24(2)3)22(26)25-13-10-19(11-14-25)27-16-18-8-6-12-23-15-18/h4-9,12,15,19,21H,10-11,13-14,16H2,1-3H3. The van der Waals surface area contributed by atoms with Crippen LogP contribution in [0, 0.1) is 6.92 Å². The fourth-order valence-corrected chi connectivity index (χ4v) is 3.64. The quantitative estimate of drug-likeness (QED) is 0.787. The lowest BCUT2D eigenvalue weighted by Crippen LogP contribution is -2.46. The van der Waals surface area contributed by atoms with Crippen LogP contribution in [0.1, 0.15) is 35.6 Å². The van der Waals surface area contributed by atoms with Gasteiger partial charge in [0.05, 0.1) is 12.7 Å². The molecular weight excluding hydrogens is 338 g/mol. The highest BCUT2D eigenvalue weighted by molar-refractivity contribution is 5.83. The number of ether oxygens (including phenoxy) is 1. The van der Waals surface area contributed by atoms with Crippen molar-refractivity contribution in [2.24, 2.45) is 0 Å². The number of aromatic nitrogens is 1. The van der Waals surface area contributed by atoms with Crippen LogP contribution >= 0.6 is 0 Å². The molecule has 144 valence electrons. The van der Waals surface area contributed by atoms with E-state index in [1.807, 2.05) is 54.4 Å². The van der Waals surface area contributed by atoms with Crippen molar-refractivity contribution in [3.8, 4) is 0 Å². The van der Waals surface area contributed by atoms with Gasteiger partial charge in [0.25, 0.3) is 0 Å². The predicted molar refractivity (Wildman–Crippen MR) is 106 cm³/mol. The number of carbonyl (C=O) groups is 1. The van der Waals surface area contributed by atoms with Crippen molar-refractivity contribution >= 4 is 5.91 Å². The molecule has 0 spiro atoms. The molecule has 1 amide bonds. The van der Waals surface area contributed by atoms with E-state index in [9.17, 15) is 4.79 Å². The zero-order chi connectivity index (χ0) is 19.2. The van der Waals surface area contributed by atoms with E-state index >= 15 is 0 Å². The number of hydrogen-bond donors (Lipinski definition) is 0. The van der Waals surface area contributed by atoms with Crippen LogP contribution in [0.4, 0.5) is 0 Å². The van der Waals surface area contributed by atoms with E-state index in [4.69, 9.17) is 4.74 Å². The Hall–Kier alpha value is -2.24. The van der Waals surface area contributed by atoms with Gasteiger partial charge in [0, 0.05) is 25.5 Å². The molecule has 0 N–H and O–H groups in total. The summed E-state index contributed by atoms with van der Waals surface area (Å²) in [7, 11) is 3.94. The van der Waals surface area contributed by atoms with Crippen LogP contribution in [0.5, 0.6) is 0 Å². The summed E-state index contributed by atoms with van der Waals surface area (Å²) in [5, 5.41) is 0. The van der Waals surface area contributed by atoms with Crippen molar-refractivity contribution in [3.63, 3.8) is 0 Å². The van der Waals surface area contributed by atoms with Crippen LogP contribution in [0.3, 0.4) is 0 Å². The first kappa shape index (κ1) is 19.5. The highest BCUT2D eigenvalue weighted by Crippen LogP contribution is 2.26. The summed E-state index contributed by atoms with van der Waals surface area (Å²) in [5.74, 6) is 0.181. The third-order valence-electron chi connectivity index (χ3n) is 5.20. The number of benzene rings is 1. The van der Waals surface area contributed by atoms with Crippen LogP contribution in [0.2, 0.25) is 0 Å². The minimum absolute atomic E-state index is 0.181. The maximum Gasteiger partial charge on any atom is 0.244 e. The van der Waals surface area contributed by atoms with Gasteiger partial charge in [-0.3, -0.25) is 14.7 Å². The number of likely N-dealkylation sites (tertiary alicyclic amines) is 1. The van der Waals surface area contributed by atoms with E-state index in [-0.39, 0.29) is 18.1 Å². The topological polar surface area (TPSA) is 45.7 Å². The molecule has 0 aliphatic carbocycles. The molecule has 3 rings (SSSR count). The molecule has 1 aromatic heterocycles. The highest BCUT2D eigenvalue weighted by Gasteiger charge is 2.31. The normalized spacial score (nSPS) is 16.5. The lowest BCUT2D eigenvalue weighted by atomic mass is 9.98. The second-order valence-corrected chi connectivity index (χ2v) is 7.42. The highest BCUT2D eigenvalue weighted by atomic mass is 16.5. The van der Waals surface area contributed by atoms with Gasteiger partial charge in [-0.1, -0.05) is 30.3 Å². The van der Waals surface area contributed by atoms with Gasteiger partial charge >= 0.3 is 0 Å². The van der Waals surface area contributed by atoms with E-state index in [0.29, 0.717) is 6.61 Å². The van der Waals surface area contributed by atoms with Gasteiger partial charge in [-0.05, 0) is 56.6 Å². The molecule has 1 unspecified atom stereocenters. The Morgan fingerprint density at radius 2 is 1.96 bits per heavy atom. The van der Waals surface area contributed by atoms with Crippen molar-refractivity contribution < 1.29 is 9.53 Å². The average molecular weight is 367 g/mol. The Balaban J connectivity index is 1.57. The van der Waals surface area contributed by atoms with Crippen LogP contribution in [-0.2, 0) is 16.1 Å². The van der Waals surface area contributed by atoms with Crippen LogP contribution in [0.15, 0.2) is 48.8 Å². The number of likely N-dealkylation sites (N-methyl/N-ethyl adjacent to an activating group) is 1. The minimum atomic E-state index is -0.237. The second-order valence-electron chi connectivity index (χ2n) is 7.42. The number of piperidine rings is 1. The van der Waals surface area contributed by atoms with Gasteiger partial charge in [0.1, 0.15) is 6.04 Å². The van der Waals surface area contributed by atoms with Crippen molar-refractivity contribution in [2.45, 2.75) is 38.5 Å². The molecule has 1 saturated heterocycles. The molecule has 1 fully saturated rings. The zero-order valence-corrected chi connectivity index (χ0v) is 16.5. The summed E-state index contributed by atoms with van der Waals surface area (Å²) in [6.45, 7) is 4.13. The number of rotatable bonds is 6. The van der Waals surface area contributed by atoms with Crippen LogP contribution in [-0.4, -0.2) is 54.0 Å². The largest absolute Gasteiger partial charge is 0.373 e. The summed E-state index contributed by atoms with van der Waals surface area (Å²) >= 11 is 0. The monoisotopic (exact) mass is 367 g/mol. The van der Waals surface area contributed by atoms with Gasteiger partial charge in [-0.2, -0.15) is 0 Å². The first-order chi connectivity index (χ1) is 13.1. The third-order valence-corrected chi connectivity index (χ3v) is 5.20. The van der Waals surface area contributed by atoms with E-state index in [1.165, 1.54) is 0 Å². The fourth-order valence-electron chi connectivity index (χ4n) is 3.64. The second kappa shape index (κ2) is 9.11. The van der Waals surface area contributed by atoms with Crippen molar-refractivity contribution in [1.29, 1.82) is 0 Å². The van der Waals surface area contributed by atoms with Gasteiger partial charge in [0.2, 0.25) is 5.91 Å². The van der Waals surface area contributed by atoms with Gasteiger partial charge in [0.15, 0.2) is 0 Å². The Morgan fingerprint density at radius 1 is 1.22 bits per heavy atom. The summed E-state index contributed by atoms with van der Waals surface area (Å²) < 4.78 is 6.02. The molecule has 27 heavy (non-hydrogen) atoms. The number of pyridine rings is 1. The van der Waals surface area contributed by atoms with Gasteiger partial charge in [-0.25, -0.2) is 0 Å². The van der Waals surface area contributed by atoms with E-state index in [0.717, 1.165) is 42.6 Å². The average Bonchev–Trinajstić information content (AvgIpc) is 2.69. The zero-order valence-electron chi connectivity index (χ0n) is 16.5. The number of hydrogen-bond acceptors (Lipinski definition) is 4. The summed E-state index contributed by atoms with van der Waals surface area (Å²) in [6.07, 6.45) is 5.55. The fraction of sp³-hybridized carbons (Fsp3) is 0.455. The molecule has 5 heteroatoms. The third kappa shape index (κ3) is 4.93. The number of amides is 1. The molecule has 1 aromatic carbocycles. The van der Waals surface area contributed by atoms with Gasteiger partial charge in [-0.15, -0.1) is 0 Å². The minimum Gasteiger partial charge on any atom is -0.373 e. The maximum absolute atomic E-state index is 13.2. The molecule has 0 saturated carbocycles. The van der Waals surface area contributed by atoms with E-state index < -0.39 is 0 Å². The number of aryl methyl sites for hydroxylation is 1. The molecule has 5 nitrogen and oxygen atoms in total. The molecule has 2 aromatic rings. The first-order valence-electron chi connectivity index (χ1n) is 9.57. The Morgan fingerprint density at radius 3 is 2.59 bits per heavy atom. The number of nitrogens with zero attached hydrogens (tertiary/aromatic N) is 3. The molecule has 1 aliphatic heterocycles. The molecule has 0 radical (unpaired) electrons. The summed E-state index contributed by atoms with van der Waals surface area (Å²) in [5.41, 5.74) is 3.32. The van der Waals surface area contributed by atoms with Crippen molar-refractivity contribution in [3.05, 3.63) is 65.5 Å². The molecule has 0 bridgehead atoms. The molecule has 1 aliphatic rings. The summed E-state index contributed by atoms with van der Waals surface area (Å²) in [4.78, 5) is 21.3. The molecular formula is C22H29N3O2. The Labute approximate surface area is 162 Å². The Bertz CT molecular complexity index is 740. The van der Waals surface area contributed by atoms with Crippen LogP contribution in [0.25, 0.3) is 0 Å². The smallest absolute Gasteiger partial charge is 0.244 e. The summed E-state index contributed by atoms with van der Waals surface area (Å²) in [6, 6.07) is 11.9. The lowest BCUT2D eigenvalue weighted by Gasteiger charge is -2.36. The Kier molecular flexibility index (Phi) is 6.58.